The van der Waals surface area contributed by atoms with Crippen molar-refractivity contribution >= 4 is 18.0 Å². The Morgan fingerprint density at radius 3 is 1.91 bits per heavy atom. The maximum absolute atomic E-state index is 13.1. The fraction of sp³-hybridized carbons (Fsp3) is 0.400. The molecule has 0 fully saturated rings. The van der Waals surface area contributed by atoms with Crippen molar-refractivity contribution < 1.29 is 37.4 Å². The van der Waals surface area contributed by atoms with Crippen LogP contribution in [0.25, 0.3) is 11.1 Å². The molecule has 0 aromatic heterocycles. The normalized spacial score (nSPS) is 14.9. The number of aliphatic carboxylic acids is 1. The summed E-state index contributed by atoms with van der Waals surface area (Å²) < 4.78 is 44.7. The van der Waals surface area contributed by atoms with Gasteiger partial charge in [-0.3, -0.25) is 4.79 Å². The number of benzene rings is 2. The summed E-state index contributed by atoms with van der Waals surface area (Å²) in [4.78, 5) is 35.6. The summed E-state index contributed by atoms with van der Waals surface area (Å²) in [6.45, 7) is 3.63. The molecule has 3 rings (SSSR count). The number of carboxylic acid groups (broad SMARTS) is 1. The number of amides is 2. The molecule has 1 unspecified atom stereocenters. The van der Waals surface area contributed by atoms with Gasteiger partial charge in [0.1, 0.15) is 6.61 Å². The molecule has 7 nitrogen and oxygen atoms in total. The summed E-state index contributed by atoms with van der Waals surface area (Å²) >= 11 is 0. The van der Waals surface area contributed by atoms with Crippen LogP contribution in [0.15, 0.2) is 48.5 Å². The Kier molecular flexibility index (Phi) is 7.14. The third-order valence-electron chi connectivity index (χ3n) is 6.15. The third-order valence-corrected chi connectivity index (χ3v) is 6.15. The number of nitrogens with one attached hydrogen (secondary N) is 2. The van der Waals surface area contributed by atoms with Crippen LogP contribution in [0.5, 0.6) is 0 Å². The van der Waals surface area contributed by atoms with Crippen molar-refractivity contribution in [3.63, 3.8) is 0 Å². The SMILES string of the molecule is CC(C)(CCC(=O)NC(C)(C(=O)O)C(F)(F)F)NC(=O)OCC1c2ccccc2-c2ccccc21. The van der Waals surface area contributed by atoms with E-state index in [1.165, 1.54) is 5.32 Å². The molecule has 1 atom stereocenters. The topological polar surface area (TPSA) is 105 Å². The van der Waals surface area contributed by atoms with Crippen LogP contribution in [0.3, 0.4) is 0 Å². The number of hydrogen-bond donors (Lipinski definition) is 3. The third kappa shape index (κ3) is 5.58. The highest BCUT2D eigenvalue weighted by Gasteiger charge is 2.58. The zero-order valence-corrected chi connectivity index (χ0v) is 19.5. The van der Waals surface area contributed by atoms with Crippen LogP contribution < -0.4 is 10.6 Å². The Balaban J connectivity index is 1.56. The maximum atomic E-state index is 13.1. The van der Waals surface area contributed by atoms with E-state index in [1.54, 1.807) is 13.8 Å². The maximum Gasteiger partial charge on any atom is 0.422 e. The first-order valence-corrected chi connectivity index (χ1v) is 11.0. The number of carbonyl (C=O) groups excluding carboxylic acids is 2. The summed E-state index contributed by atoms with van der Waals surface area (Å²) in [6.07, 6.45) is -6.39. The molecule has 0 aliphatic heterocycles. The lowest BCUT2D eigenvalue weighted by atomic mass is 9.97. The minimum absolute atomic E-state index is 0.0451. The minimum Gasteiger partial charge on any atom is -0.479 e. The number of rotatable bonds is 8. The number of fused-ring (bicyclic) bond motifs is 3. The lowest BCUT2D eigenvalue weighted by Crippen LogP contribution is -2.62. The molecular formula is C25H27F3N2O5. The number of carboxylic acids is 1. The quantitative estimate of drug-likeness (QED) is 0.499. The molecule has 0 bridgehead atoms. The predicted molar refractivity (Wildman–Crippen MR) is 122 cm³/mol. The highest BCUT2D eigenvalue weighted by molar-refractivity contribution is 5.87. The van der Waals surface area contributed by atoms with Gasteiger partial charge in [-0.25, -0.2) is 9.59 Å². The van der Waals surface area contributed by atoms with E-state index in [1.807, 2.05) is 48.5 Å². The minimum atomic E-state index is -5.18. The van der Waals surface area contributed by atoms with Gasteiger partial charge in [0.15, 0.2) is 0 Å². The fourth-order valence-electron chi connectivity index (χ4n) is 3.99. The molecule has 0 saturated carbocycles. The van der Waals surface area contributed by atoms with Gasteiger partial charge in [-0.1, -0.05) is 48.5 Å². The molecule has 1 aliphatic rings. The number of carbonyl (C=O) groups is 3. The predicted octanol–water partition coefficient (Wildman–Crippen LogP) is 4.61. The Labute approximate surface area is 200 Å². The summed E-state index contributed by atoms with van der Waals surface area (Å²) in [5.41, 5.74) is -0.162. The van der Waals surface area contributed by atoms with E-state index in [0.29, 0.717) is 6.92 Å². The summed E-state index contributed by atoms with van der Waals surface area (Å²) in [5.74, 6) is -3.46. The van der Waals surface area contributed by atoms with Gasteiger partial charge in [-0.2, -0.15) is 13.2 Å². The van der Waals surface area contributed by atoms with Crippen LogP contribution >= 0.6 is 0 Å². The van der Waals surface area contributed by atoms with Crippen LogP contribution in [-0.4, -0.2) is 46.9 Å². The van der Waals surface area contributed by atoms with Crippen molar-refractivity contribution in [2.75, 3.05) is 6.61 Å². The Bertz CT molecular complexity index is 1090. The van der Waals surface area contributed by atoms with Crippen LogP contribution in [0.4, 0.5) is 18.0 Å². The molecule has 2 amide bonds. The highest BCUT2D eigenvalue weighted by Crippen LogP contribution is 2.44. The van der Waals surface area contributed by atoms with Crippen LogP contribution in [0, 0.1) is 0 Å². The van der Waals surface area contributed by atoms with Crippen LogP contribution in [0.1, 0.15) is 50.7 Å². The Morgan fingerprint density at radius 1 is 0.914 bits per heavy atom. The zero-order valence-electron chi connectivity index (χ0n) is 19.5. The van der Waals surface area contributed by atoms with Crippen molar-refractivity contribution in [2.45, 2.75) is 56.8 Å². The van der Waals surface area contributed by atoms with Crippen molar-refractivity contribution in [1.82, 2.24) is 10.6 Å². The number of alkyl halides is 3. The summed E-state index contributed by atoms with van der Waals surface area (Å²) in [5, 5.41) is 13.1. The van der Waals surface area contributed by atoms with Gasteiger partial charge in [0.05, 0.1) is 0 Å². The number of ether oxygens (including phenoxy) is 1. The summed E-state index contributed by atoms with van der Waals surface area (Å²) in [6, 6.07) is 15.7. The first-order chi connectivity index (χ1) is 16.2. The molecule has 0 heterocycles. The van der Waals surface area contributed by atoms with Gasteiger partial charge in [0.2, 0.25) is 11.4 Å². The van der Waals surface area contributed by atoms with Crippen LogP contribution in [0.2, 0.25) is 0 Å². The van der Waals surface area contributed by atoms with E-state index in [2.05, 4.69) is 5.32 Å². The molecule has 10 heteroatoms. The van der Waals surface area contributed by atoms with Gasteiger partial charge in [0, 0.05) is 17.9 Å². The molecule has 0 radical (unpaired) electrons. The monoisotopic (exact) mass is 492 g/mol. The molecule has 2 aromatic carbocycles. The number of hydrogen-bond acceptors (Lipinski definition) is 4. The Morgan fingerprint density at radius 2 is 1.43 bits per heavy atom. The number of halogens is 3. The number of alkyl carbamates (subject to hydrolysis) is 1. The van der Waals surface area contributed by atoms with Crippen molar-refractivity contribution in [1.29, 1.82) is 0 Å². The van der Waals surface area contributed by atoms with E-state index >= 15 is 0 Å². The second-order valence-electron chi connectivity index (χ2n) is 9.31. The van der Waals surface area contributed by atoms with E-state index in [-0.39, 0.29) is 18.9 Å². The second kappa shape index (κ2) is 9.59. The van der Waals surface area contributed by atoms with Crippen molar-refractivity contribution in [3.8, 4) is 11.1 Å². The molecular weight excluding hydrogens is 465 g/mol. The fourth-order valence-corrected chi connectivity index (χ4v) is 3.99. The van der Waals surface area contributed by atoms with E-state index in [4.69, 9.17) is 9.84 Å². The van der Waals surface area contributed by atoms with E-state index in [0.717, 1.165) is 22.3 Å². The van der Waals surface area contributed by atoms with E-state index in [9.17, 15) is 27.6 Å². The van der Waals surface area contributed by atoms with Gasteiger partial charge in [-0.15, -0.1) is 0 Å². The largest absolute Gasteiger partial charge is 0.479 e. The summed E-state index contributed by atoms with van der Waals surface area (Å²) in [7, 11) is 0. The molecule has 188 valence electrons. The lowest BCUT2D eigenvalue weighted by molar-refractivity contribution is -0.207. The molecule has 3 N–H and O–H groups in total. The molecule has 0 saturated heterocycles. The van der Waals surface area contributed by atoms with Crippen LogP contribution in [-0.2, 0) is 14.3 Å². The highest BCUT2D eigenvalue weighted by atomic mass is 19.4. The molecule has 1 aliphatic carbocycles. The Hall–Kier alpha value is -3.56. The van der Waals surface area contributed by atoms with E-state index < -0.39 is 41.6 Å². The first-order valence-electron chi connectivity index (χ1n) is 11.0. The van der Waals surface area contributed by atoms with Gasteiger partial charge >= 0.3 is 18.2 Å². The van der Waals surface area contributed by atoms with Gasteiger partial charge in [0.25, 0.3) is 0 Å². The van der Waals surface area contributed by atoms with Gasteiger partial charge in [-0.05, 0) is 49.4 Å². The molecule has 35 heavy (non-hydrogen) atoms. The van der Waals surface area contributed by atoms with Gasteiger partial charge < -0.3 is 20.5 Å². The average Bonchev–Trinajstić information content (AvgIpc) is 3.09. The van der Waals surface area contributed by atoms with Crippen molar-refractivity contribution in [3.05, 3.63) is 59.7 Å². The molecule has 2 aromatic rings. The smallest absolute Gasteiger partial charge is 0.422 e. The second-order valence-corrected chi connectivity index (χ2v) is 9.31. The van der Waals surface area contributed by atoms with Crippen molar-refractivity contribution in [2.24, 2.45) is 0 Å². The average molecular weight is 492 g/mol. The standard InChI is InChI=1S/C25H27F3N2O5/c1-23(2,13-12-20(31)29-24(3,21(32)33)25(26,27)28)30-22(34)35-14-19-17-10-6-4-8-15(17)16-9-5-7-11-18(16)19/h4-11,19H,12-14H2,1-3H3,(H,29,31)(H,30,34)(H,32,33). The zero-order chi connectivity index (χ0) is 26.0. The lowest BCUT2D eigenvalue weighted by Gasteiger charge is -2.30. The first kappa shape index (κ1) is 26.1. The molecule has 0 spiro atoms.